The minimum Gasteiger partial charge on any atom is -0.483 e. The summed E-state index contributed by atoms with van der Waals surface area (Å²) in [5, 5.41) is 5.33. The quantitative estimate of drug-likeness (QED) is 0.259. The Morgan fingerprint density at radius 1 is 1.00 bits per heavy atom. The van der Waals surface area contributed by atoms with E-state index in [0.717, 1.165) is 16.0 Å². The van der Waals surface area contributed by atoms with Crippen molar-refractivity contribution in [1.82, 2.24) is 5.32 Å². The summed E-state index contributed by atoms with van der Waals surface area (Å²) in [5.74, 6) is -1.61. The fraction of sp³-hybridized carbons (Fsp3) is 0.111. The lowest BCUT2D eigenvalue weighted by Gasteiger charge is -2.26. The molecule has 1 heterocycles. The summed E-state index contributed by atoms with van der Waals surface area (Å²) in [4.78, 5) is 51.1. The Balaban J connectivity index is 1.48. The normalized spacial score (nSPS) is 14.5. The fourth-order valence-corrected chi connectivity index (χ4v) is 4.37. The lowest BCUT2D eigenvalue weighted by molar-refractivity contribution is -0.122. The monoisotopic (exact) mass is 615 g/mol. The number of benzene rings is 3. The Hall–Kier alpha value is -3.66. The van der Waals surface area contributed by atoms with Crippen LogP contribution in [0.4, 0.5) is 16.2 Å². The lowest BCUT2D eigenvalue weighted by Crippen LogP contribution is -2.54. The van der Waals surface area contributed by atoms with E-state index < -0.39 is 17.8 Å². The number of carbonyl (C=O) groups excluding carboxylic acids is 4. The van der Waals surface area contributed by atoms with Gasteiger partial charge in [0.2, 0.25) is 0 Å². The minimum atomic E-state index is -0.903. The van der Waals surface area contributed by atoms with E-state index in [1.807, 2.05) is 32.0 Å². The molecule has 3 aromatic carbocycles. The first-order chi connectivity index (χ1) is 18.0. The van der Waals surface area contributed by atoms with Gasteiger partial charge in [0.05, 0.1) is 20.2 Å². The van der Waals surface area contributed by atoms with Crippen LogP contribution in [0.15, 0.2) is 64.6 Å². The molecule has 8 nitrogen and oxygen atoms in total. The Morgan fingerprint density at radius 2 is 1.76 bits per heavy atom. The average molecular weight is 617 g/mol. The van der Waals surface area contributed by atoms with Crippen LogP contribution in [-0.2, 0) is 14.4 Å². The molecule has 4 rings (SSSR count). The van der Waals surface area contributed by atoms with Crippen LogP contribution in [-0.4, -0.2) is 30.4 Å². The van der Waals surface area contributed by atoms with Gasteiger partial charge in [0.15, 0.2) is 6.61 Å². The maximum atomic E-state index is 13.1. The summed E-state index contributed by atoms with van der Waals surface area (Å²) >= 11 is 15.3. The second-order valence-corrected chi connectivity index (χ2v) is 10.1. The summed E-state index contributed by atoms with van der Waals surface area (Å²) < 4.78 is 6.11. The first kappa shape index (κ1) is 27.4. The molecule has 0 aliphatic carbocycles. The van der Waals surface area contributed by atoms with Gasteiger partial charge in [-0.05, 0) is 95.0 Å². The Kier molecular flexibility index (Phi) is 8.20. The van der Waals surface area contributed by atoms with Crippen molar-refractivity contribution >= 4 is 80.3 Å². The number of barbiturate groups is 1. The number of ether oxygens (including phenoxy) is 1. The zero-order valence-corrected chi connectivity index (χ0v) is 23.2. The highest BCUT2D eigenvalue weighted by atomic mass is 79.9. The molecule has 3 aromatic rings. The number of nitrogens with one attached hydrogen (secondary N) is 2. The topological polar surface area (TPSA) is 105 Å². The van der Waals surface area contributed by atoms with Crippen LogP contribution in [0.25, 0.3) is 6.08 Å². The minimum absolute atomic E-state index is 0.148. The number of amides is 5. The third-order valence-corrected chi connectivity index (χ3v) is 7.04. The predicted octanol–water partition coefficient (Wildman–Crippen LogP) is 6.06. The molecule has 2 N–H and O–H groups in total. The number of carbonyl (C=O) groups is 4. The molecule has 0 spiro atoms. The molecular formula is C27H20BrCl2N3O5. The van der Waals surface area contributed by atoms with Crippen LogP contribution in [0.1, 0.15) is 16.7 Å². The number of nitrogens with zero attached hydrogens (tertiary/aromatic N) is 1. The van der Waals surface area contributed by atoms with Crippen molar-refractivity contribution in [3.8, 4) is 5.75 Å². The fourth-order valence-electron chi connectivity index (χ4n) is 3.57. The van der Waals surface area contributed by atoms with E-state index in [9.17, 15) is 19.2 Å². The van der Waals surface area contributed by atoms with E-state index in [2.05, 4.69) is 26.6 Å². The van der Waals surface area contributed by atoms with Gasteiger partial charge in [-0.15, -0.1) is 0 Å². The highest BCUT2D eigenvalue weighted by molar-refractivity contribution is 9.10. The molecule has 5 amide bonds. The number of imide groups is 2. The zero-order valence-electron chi connectivity index (χ0n) is 20.1. The van der Waals surface area contributed by atoms with Crippen molar-refractivity contribution in [1.29, 1.82) is 0 Å². The number of halogens is 3. The van der Waals surface area contributed by atoms with Gasteiger partial charge in [-0.3, -0.25) is 19.7 Å². The van der Waals surface area contributed by atoms with Crippen molar-refractivity contribution in [2.75, 3.05) is 16.8 Å². The van der Waals surface area contributed by atoms with Gasteiger partial charge in [-0.1, -0.05) is 35.3 Å². The maximum absolute atomic E-state index is 13.1. The molecule has 0 bridgehead atoms. The molecule has 0 atom stereocenters. The van der Waals surface area contributed by atoms with Gasteiger partial charge < -0.3 is 10.1 Å². The Bertz CT molecular complexity index is 1520. The second-order valence-electron chi connectivity index (χ2n) is 8.38. The molecule has 194 valence electrons. The molecule has 0 saturated carbocycles. The summed E-state index contributed by atoms with van der Waals surface area (Å²) in [6, 6.07) is 13.8. The van der Waals surface area contributed by atoms with E-state index in [0.29, 0.717) is 21.5 Å². The number of hydrogen-bond acceptors (Lipinski definition) is 5. The van der Waals surface area contributed by atoms with Gasteiger partial charge in [0.25, 0.3) is 17.7 Å². The second kappa shape index (κ2) is 11.4. The van der Waals surface area contributed by atoms with Gasteiger partial charge in [0, 0.05) is 5.69 Å². The van der Waals surface area contributed by atoms with Crippen molar-refractivity contribution in [2.24, 2.45) is 0 Å². The third-order valence-electron chi connectivity index (χ3n) is 5.68. The van der Waals surface area contributed by atoms with Crippen LogP contribution in [0.5, 0.6) is 5.75 Å². The molecule has 0 radical (unpaired) electrons. The molecule has 11 heteroatoms. The number of hydrogen-bond donors (Lipinski definition) is 2. The van der Waals surface area contributed by atoms with Crippen molar-refractivity contribution in [3.63, 3.8) is 0 Å². The van der Waals surface area contributed by atoms with Crippen LogP contribution < -0.4 is 20.3 Å². The number of anilines is 2. The SMILES string of the molecule is Cc1ccc(NC(=O)COc2ccc(/C=C3/C(=O)NC(=O)N(c4ccc(Cl)c(Cl)c4)C3=O)cc2Br)cc1C. The highest BCUT2D eigenvalue weighted by Gasteiger charge is 2.37. The number of rotatable bonds is 6. The smallest absolute Gasteiger partial charge is 0.335 e. The number of aryl methyl sites for hydroxylation is 2. The van der Waals surface area contributed by atoms with Gasteiger partial charge >= 0.3 is 6.03 Å². The highest BCUT2D eigenvalue weighted by Crippen LogP contribution is 2.31. The van der Waals surface area contributed by atoms with Crippen LogP contribution in [0.2, 0.25) is 10.0 Å². The summed E-state index contributed by atoms with van der Waals surface area (Å²) in [7, 11) is 0. The standard InChI is InChI=1S/C27H20BrCl2N3O5/c1-14-3-5-17(9-15(14)2)31-24(34)13-38-23-8-4-16(11-20(23)28)10-19-25(35)32-27(37)33(26(19)36)18-6-7-21(29)22(30)12-18/h3-12H,13H2,1-2H3,(H,31,34)(H,32,35,37)/b19-10-. The molecule has 1 aliphatic rings. The largest absolute Gasteiger partial charge is 0.483 e. The maximum Gasteiger partial charge on any atom is 0.335 e. The van der Waals surface area contributed by atoms with E-state index in [1.54, 1.807) is 18.2 Å². The molecule has 0 unspecified atom stereocenters. The average Bonchev–Trinajstić information content (AvgIpc) is 2.85. The summed E-state index contributed by atoms with van der Waals surface area (Å²) in [5.41, 5.74) is 3.23. The molecule has 1 saturated heterocycles. The van der Waals surface area contributed by atoms with E-state index >= 15 is 0 Å². The van der Waals surface area contributed by atoms with Crippen LogP contribution in [0.3, 0.4) is 0 Å². The Labute approximate surface area is 236 Å². The first-order valence-electron chi connectivity index (χ1n) is 11.2. The van der Waals surface area contributed by atoms with Gasteiger partial charge in [-0.25, -0.2) is 9.69 Å². The van der Waals surface area contributed by atoms with Crippen LogP contribution in [0, 0.1) is 13.8 Å². The molecule has 0 aromatic heterocycles. The van der Waals surface area contributed by atoms with E-state index in [4.69, 9.17) is 27.9 Å². The molecule has 1 fully saturated rings. The third kappa shape index (κ3) is 6.07. The molecule has 38 heavy (non-hydrogen) atoms. The van der Waals surface area contributed by atoms with Crippen molar-refractivity contribution < 1.29 is 23.9 Å². The summed E-state index contributed by atoms with van der Waals surface area (Å²) in [6.45, 7) is 3.72. The van der Waals surface area contributed by atoms with Crippen molar-refractivity contribution in [3.05, 3.63) is 91.4 Å². The first-order valence-corrected chi connectivity index (χ1v) is 12.7. The summed E-state index contributed by atoms with van der Waals surface area (Å²) in [6.07, 6.45) is 1.34. The van der Waals surface area contributed by atoms with Crippen LogP contribution >= 0.6 is 39.1 Å². The molecule has 1 aliphatic heterocycles. The lowest BCUT2D eigenvalue weighted by atomic mass is 10.1. The van der Waals surface area contributed by atoms with Gasteiger partial charge in [-0.2, -0.15) is 0 Å². The van der Waals surface area contributed by atoms with E-state index in [-0.39, 0.29) is 33.8 Å². The van der Waals surface area contributed by atoms with E-state index in [1.165, 1.54) is 24.3 Å². The number of urea groups is 1. The molecular weight excluding hydrogens is 597 g/mol. The predicted molar refractivity (Wildman–Crippen MR) is 150 cm³/mol. The Morgan fingerprint density at radius 3 is 2.45 bits per heavy atom. The van der Waals surface area contributed by atoms with Crippen molar-refractivity contribution in [2.45, 2.75) is 13.8 Å². The zero-order chi connectivity index (χ0) is 27.6. The van der Waals surface area contributed by atoms with Gasteiger partial charge in [0.1, 0.15) is 11.3 Å².